The molecule has 20 heavy (non-hydrogen) atoms. The quantitative estimate of drug-likeness (QED) is 0.779. The van der Waals surface area contributed by atoms with Crippen molar-refractivity contribution in [2.75, 3.05) is 17.3 Å². The number of anilines is 1. The van der Waals surface area contributed by atoms with Gasteiger partial charge in [-0.2, -0.15) is 24.9 Å². The molecular formula is C13H17F3N2S2. The molecule has 0 aliphatic carbocycles. The van der Waals surface area contributed by atoms with Crippen molar-refractivity contribution in [3.8, 4) is 0 Å². The molecule has 1 rings (SSSR count). The second-order valence-corrected chi connectivity index (χ2v) is 5.68. The first-order chi connectivity index (χ1) is 9.29. The Morgan fingerprint density at radius 1 is 1.45 bits per heavy atom. The zero-order valence-electron chi connectivity index (χ0n) is 11.3. The highest BCUT2D eigenvalue weighted by molar-refractivity contribution is 7.98. The summed E-state index contributed by atoms with van der Waals surface area (Å²) in [5.74, 6) is 0.855. The average Bonchev–Trinajstić information content (AvgIpc) is 2.36. The van der Waals surface area contributed by atoms with Gasteiger partial charge < -0.3 is 11.1 Å². The number of thioether (sulfide) groups is 1. The number of nitrogens with two attached hydrogens (primary N) is 1. The van der Waals surface area contributed by atoms with Gasteiger partial charge >= 0.3 is 6.18 Å². The van der Waals surface area contributed by atoms with E-state index in [4.69, 9.17) is 18.0 Å². The first kappa shape index (κ1) is 17.1. The minimum atomic E-state index is -4.40. The van der Waals surface area contributed by atoms with Gasteiger partial charge in [-0.15, -0.1) is 0 Å². The Hall–Kier alpha value is -0.950. The van der Waals surface area contributed by atoms with E-state index in [1.165, 1.54) is 6.07 Å². The summed E-state index contributed by atoms with van der Waals surface area (Å²) in [5.41, 5.74) is 5.57. The number of hydrogen-bond acceptors (Lipinski definition) is 3. The Morgan fingerprint density at radius 2 is 2.10 bits per heavy atom. The number of nitrogens with one attached hydrogen (secondary N) is 1. The summed E-state index contributed by atoms with van der Waals surface area (Å²) >= 11 is 6.52. The van der Waals surface area contributed by atoms with E-state index in [1.807, 2.05) is 13.2 Å². The molecule has 0 amide bonds. The third-order valence-electron chi connectivity index (χ3n) is 2.83. The lowest BCUT2D eigenvalue weighted by molar-refractivity contribution is -0.137. The predicted molar refractivity (Wildman–Crippen MR) is 83.4 cm³/mol. The Bertz CT molecular complexity index is 475. The third kappa shape index (κ3) is 4.56. The third-order valence-corrected chi connectivity index (χ3v) is 3.79. The number of hydrogen-bond donors (Lipinski definition) is 2. The van der Waals surface area contributed by atoms with Crippen molar-refractivity contribution < 1.29 is 13.2 Å². The Balaban J connectivity index is 3.10. The maximum absolute atomic E-state index is 12.7. The van der Waals surface area contributed by atoms with Crippen LogP contribution in [0.4, 0.5) is 18.9 Å². The molecule has 0 saturated carbocycles. The van der Waals surface area contributed by atoms with Crippen molar-refractivity contribution >= 4 is 34.7 Å². The van der Waals surface area contributed by atoms with Gasteiger partial charge in [0.05, 0.1) is 5.56 Å². The monoisotopic (exact) mass is 322 g/mol. The number of rotatable bonds is 6. The summed E-state index contributed by atoms with van der Waals surface area (Å²) in [6, 6.07) is 3.59. The Kier molecular flexibility index (Phi) is 6.13. The molecule has 0 aliphatic rings. The molecule has 0 radical (unpaired) electrons. The van der Waals surface area contributed by atoms with E-state index in [-0.39, 0.29) is 16.6 Å². The maximum Gasteiger partial charge on any atom is 0.416 e. The smallest absolute Gasteiger partial charge is 0.389 e. The highest BCUT2D eigenvalue weighted by atomic mass is 32.2. The molecule has 0 spiro atoms. The molecule has 112 valence electrons. The fourth-order valence-electron chi connectivity index (χ4n) is 1.73. The summed E-state index contributed by atoms with van der Waals surface area (Å²) in [6.07, 6.45) is -1.56. The van der Waals surface area contributed by atoms with Crippen LogP contribution in [0.25, 0.3) is 0 Å². The topological polar surface area (TPSA) is 38.0 Å². The number of halogens is 3. The second-order valence-electron chi connectivity index (χ2n) is 4.33. The molecule has 3 N–H and O–H groups in total. The van der Waals surface area contributed by atoms with Gasteiger partial charge in [0.2, 0.25) is 0 Å². The molecule has 1 aromatic carbocycles. The van der Waals surface area contributed by atoms with Crippen molar-refractivity contribution in [3.05, 3.63) is 29.3 Å². The van der Waals surface area contributed by atoms with E-state index >= 15 is 0 Å². The highest BCUT2D eigenvalue weighted by Gasteiger charge is 2.31. The van der Waals surface area contributed by atoms with Crippen LogP contribution in [0.1, 0.15) is 24.5 Å². The van der Waals surface area contributed by atoms with Crippen LogP contribution in [-0.2, 0) is 6.18 Å². The summed E-state index contributed by atoms with van der Waals surface area (Å²) in [4.78, 5) is -0.0439. The fraction of sp³-hybridized carbons (Fsp3) is 0.462. The molecule has 0 heterocycles. The van der Waals surface area contributed by atoms with Gasteiger partial charge in [-0.3, -0.25) is 0 Å². The summed E-state index contributed by atoms with van der Waals surface area (Å²) in [5, 5.41) is 3.20. The number of thiocarbonyl (C=S) groups is 1. The molecule has 1 aromatic rings. The molecule has 2 nitrogen and oxygen atoms in total. The summed E-state index contributed by atoms with van der Waals surface area (Å²) < 4.78 is 38.1. The SMILES string of the molecule is CCC(CSC)Nc1ccc(C(F)(F)F)cc1C(N)=S. The molecule has 0 saturated heterocycles. The van der Waals surface area contributed by atoms with E-state index in [0.29, 0.717) is 5.69 Å². The van der Waals surface area contributed by atoms with Gasteiger partial charge in [0.15, 0.2) is 0 Å². The van der Waals surface area contributed by atoms with E-state index in [2.05, 4.69) is 5.32 Å². The largest absolute Gasteiger partial charge is 0.416 e. The van der Waals surface area contributed by atoms with Crippen LogP contribution < -0.4 is 11.1 Å². The number of alkyl halides is 3. The minimum Gasteiger partial charge on any atom is -0.389 e. The lowest BCUT2D eigenvalue weighted by Gasteiger charge is -2.20. The second kappa shape index (κ2) is 7.17. The zero-order chi connectivity index (χ0) is 15.3. The Labute approximate surface area is 126 Å². The molecule has 0 fully saturated rings. The van der Waals surface area contributed by atoms with Crippen molar-refractivity contribution in [2.24, 2.45) is 5.73 Å². The van der Waals surface area contributed by atoms with Gasteiger partial charge in [0.1, 0.15) is 4.99 Å². The van der Waals surface area contributed by atoms with Crippen LogP contribution in [-0.4, -0.2) is 23.0 Å². The normalized spacial score (nSPS) is 13.1. The van der Waals surface area contributed by atoms with Gasteiger partial charge in [0, 0.05) is 23.0 Å². The van der Waals surface area contributed by atoms with E-state index in [0.717, 1.165) is 24.3 Å². The molecule has 1 atom stereocenters. The van der Waals surface area contributed by atoms with Crippen molar-refractivity contribution in [1.29, 1.82) is 0 Å². The van der Waals surface area contributed by atoms with E-state index < -0.39 is 11.7 Å². The highest BCUT2D eigenvalue weighted by Crippen LogP contribution is 2.32. The average molecular weight is 322 g/mol. The zero-order valence-corrected chi connectivity index (χ0v) is 12.9. The summed E-state index contributed by atoms with van der Waals surface area (Å²) in [7, 11) is 0. The molecule has 0 aliphatic heterocycles. The molecular weight excluding hydrogens is 305 g/mol. The van der Waals surface area contributed by atoms with Gasteiger partial charge in [0.25, 0.3) is 0 Å². The van der Waals surface area contributed by atoms with E-state index in [1.54, 1.807) is 11.8 Å². The van der Waals surface area contributed by atoms with Crippen LogP contribution in [0.3, 0.4) is 0 Å². The Morgan fingerprint density at radius 3 is 2.55 bits per heavy atom. The maximum atomic E-state index is 12.7. The van der Waals surface area contributed by atoms with Crippen molar-refractivity contribution in [1.82, 2.24) is 0 Å². The minimum absolute atomic E-state index is 0.0439. The van der Waals surface area contributed by atoms with Gasteiger partial charge in [-0.25, -0.2) is 0 Å². The van der Waals surface area contributed by atoms with Crippen LogP contribution in [0.5, 0.6) is 0 Å². The van der Waals surface area contributed by atoms with Crippen LogP contribution in [0.15, 0.2) is 18.2 Å². The lowest BCUT2D eigenvalue weighted by atomic mass is 10.1. The molecule has 0 bridgehead atoms. The molecule has 1 unspecified atom stereocenters. The van der Waals surface area contributed by atoms with Crippen molar-refractivity contribution in [2.45, 2.75) is 25.6 Å². The predicted octanol–water partition coefficient (Wildman–Crippen LogP) is 3.89. The molecule has 7 heteroatoms. The summed E-state index contributed by atoms with van der Waals surface area (Å²) in [6.45, 7) is 2.01. The first-order valence-corrected chi connectivity index (χ1v) is 7.86. The van der Waals surface area contributed by atoms with Crippen LogP contribution in [0.2, 0.25) is 0 Å². The van der Waals surface area contributed by atoms with Crippen LogP contribution in [0, 0.1) is 0 Å². The molecule has 0 aromatic heterocycles. The van der Waals surface area contributed by atoms with E-state index in [9.17, 15) is 13.2 Å². The van der Waals surface area contributed by atoms with Crippen LogP contribution >= 0.6 is 24.0 Å². The number of benzene rings is 1. The lowest BCUT2D eigenvalue weighted by Crippen LogP contribution is -2.24. The first-order valence-electron chi connectivity index (χ1n) is 6.06. The fourth-order valence-corrected chi connectivity index (χ4v) is 2.62. The van der Waals surface area contributed by atoms with Gasteiger partial charge in [-0.1, -0.05) is 19.1 Å². The van der Waals surface area contributed by atoms with Crippen molar-refractivity contribution in [3.63, 3.8) is 0 Å². The van der Waals surface area contributed by atoms with Gasteiger partial charge in [-0.05, 0) is 30.9 Å². The standard InChI is InChI=1S/C13H17F3N2S2/c1-3-9(7-20-2)18-11-5-4-8(13(14,15)16)6-10(11)12(17)19/h4-6,9,18H,3,7H2,1-2H3,(H2,17,19).